The second kappa shape index (κ2) is 10.3. The SMILES string of the molecule is COc1ccc2ncc(F)c([C@@H](O)CN3CCN(NC(=O)c4ccc5c(n4)NC(=O)CS5)CC3)c2n1. The minimum absolute atomic E-state index is 0.0818. The third-order valence-corrected chi connectivity index (χ3v) is 7.04. The first-order valence-electron chi connectivity index (χ1n) is 11.3. The van der Waals surface area contributed by atoms with Gasteiger partial charge in [-0.05, 0) is 18.2 Å². The molecule has 5 rings (SSSR count). The number of carbonyl (C=O) groups excluding carboxylic acids is 2. The summed E-state index contributed by atoms with van der Waals surface area (Å²) in [4.78, 5) is 39.7. The quantitative estimate of drug-likeness (QED) is 0.442. The van der Waals surface area contributed by atoms with Gasteiger partial charge in [0.15, 0.2) is 0 Å². The maximum atomic E-state index is 14.6. The number of fused-ring (bicyclic) bond motifs is 2. The number of rotatable bonds is 6. The van der Waals surface area contributed by atoms with E-state index in [9.17, 15) is 19.1 Å². The first-order chi connectivity index (χ1) is 17.4. The molecule has 3 N–H and O–H groups in total. The van der Waals surface area contributed by atoms with E-state index < -0.39 is 11.9 Å². The van der Waals surface area contributed by atoms with E-state index in [1.54, 1.807) is 29.3 Å². The first kappa shape index (κ1) is 24.3. The lowest BCUT2D eigenvalue weighted by atomic mass is 10.1. The van der Waals surface area contributed by atoms with Crippen molar-refractivity contribution < 1.29 is 23.8 Å². The number of nitrogens with zero attached hydrogens (tertiary/aromatic N) is 5. The number of amides is 2. The van der Waals surface area contributed by atoms with E-state index in [-0.39, 0.29) is 35.1 Å². The van der Waals surface area contributed by atoms with Gasteiger partial charge in [0.05, 0.1) is 35.6 Å². The average molecular weight is 514 g/mol. The summed E-state index contributed by atoms with van der Waals surface area (Å²) >= 11 is 1.38. The van der Waals surface area contributed by atoms with E-state index >= 15 is 0 Å². The molecular formula is C23H24FN7O4S. The highest BCUT2D eigenvalue weighted by Gasteiger charge is 2.26. The second-order valence-electron chi connectivity index (χ2n) is 8.37. The van der Waals surface area contributed by atoms with Gasteiger partial charge in [-0.1, -0.05) is 0 Å². The number of hydrazine groups is 1. The van der Waals surface area contributed by atoms with Gasteiger partial charge in [0.25, 0.3) is 5.91 Å². The predicted molar refractivity (Wildman–Crippen MR) is 130 cm³/mol. The molecule has 0 saturated carbocycles. The fourth-order valence-electron chi connectivity index (χ4n) is 4.15. The smallest absolute Gasteiger partial charge is 0.284 e. The number of aliphatic hydroxyl groups excluding tert-OH is 1. The fraction of sp³-hybridized carbons (Fsp3) is 0.348. The Morgan fingerprint density at radius 2 is 2.06 bits per heavy atom. The zero-order chi connectivity index (χ0) is 25.2. The van der Waals surface area contributed by atoms with E-state index in [0.29, 0.717) is 49.1 Å². The molecule has 0 aromatic carbocycles. The molecule has 0 spiro atoms. The summed E-state index contributed by atoms with van der Waals surface area (Å²) in [5, 5.41) is 15.3. The number of pyridine rings is 3. The number of hydrogen-bond donors (Lipinski definition) is 3. The van der Waals surface area contributed by atoms with Gasteiger partial charge in [-0.15, -0.1) is 11.8 Å². The van der Waals surface area contributed by atoms with Gasteiger partial charge in [-0.2, -0.15) is 0 Å². The summed E-state index contributed by atoms with van der Waals surface area (Å²) in [5.74, 6) is -0.123. The van der Waals surface area contributed by atoms with Crippen LogP contribution in [-0.4, -0.2) is 87.4 Å². The molecule has 2 aliphatic rings. The largest absolute Gasteiger partial charge is 0.481 e. The van der Waals surface area contributed by atoms with E-state index in [4.69, 9.17) is 4.74 Å². The van der Waals surface area contributed by atoms with Crippen molar-refractivity contribution in [3.05, 3.63) is 47.5 Å². The van der Waals surface area contributed by atoms with E-state index in [1.165, 1.54) is 18.9 Å². The van der Waals surface area contributed by atoms with Crippen LogP contribution in [0.3, 0.4) is 0 Å². The number of halogens is 1. The molecule has 0 bridgehead atoms. The zero-order valence-corrected chi connectivity index (χ0v) is 20.2. The summed E-state index contributed by atoms with van der Waals surface area (Å²) in [6.45, 7) is 2.29. The predicted octanol–water partition coefficient (Wildman–Crippen LogP) is 1.21. The highest BCUT2D eigenvalue weighted by Crippen LogP contribution is 2.30. The van der Waals surface area contributed by atoms with Crippen LogP contribution in [-0.2, 0) is 4.79 Å². The molecule has 2 aliphatic heterocycles. The van der Waals surface area contributed by atoms with Crippen LogP contribution in [0.25, 0.3) is 11.0 Å². The van der Waals surface area contributed by atoms with Gasteiger partial charge in [0.1, 0.15) is 22.8 Å². The standard InChI is InChI=1S/C23H24FN7O4S/c1-35-19-5-3-14-21(28-19)20(13(24)10-25-14)16(32)11-30-6-8-31(9-7-30)29-23(34)15-2-4-17-22(26-15)27-18(33)12-36-17/h2-5,10,16,32H,6-9,11-12H2,1H3,(H,29,34)(H,26,27,33)/t16-/m0/s1. The monoisotopic (exact) mass is 513 g/mol. The molecule has 3 aromatic heterocycles. The number of aromatic nitrogens is 3. The van der Waals surface area contributed by atoms with Crippen molar-refractivity contribution >= 4 is 40.4 Å². The van der Waals surface area contributed by atoms with Gasteiger partial charge in [0, 0.05) is 44.4 Å². The molecule has 188 valence electrons. The van der Waals surface area contributed by atoms with Crippen molar-refractivity contribution in [1.82, 2.24) is 30.3 Å². The lowest BCUT2D eigenvalue weighted by Gasteiger charge is -2.35. The van der Waals surface area contributed by atoms with Gasteiger partial charge in [0.2, 0.25) is 11.8 Å². The molecular weight excluding hydrogens is 489 g/mol. The Labute approximate surface area is 210 Å². The van der Waals surface area contributed by atoms with Crippen LogP contribution in [0.2, 0.25) is 0 Å². The molecule has 2 amide bonds. The molecule has 0 aliphatic carbocycles. The summed E-state index contributed by atoms with van der Waals surface area (Å²) in [7, 11) is 1.47. The topological polar surface area (TPSA) is 133 Å². The Bertz CT molecular complexity index is 1320. The lowest BCUT2D eigenvalue weighted by molar-refractivity contribution is -0.113. The van der Waals surface area contributed by atoms with Crippen LogP contribution in [0, 0.1) is 5.82 Å². The maximum Gasteiger partial charge on any atom is 0.284 e. The van der Waals surface area contributed by atoms with Crippen LogP contribution in [0.4, 0.5) is 10.2 Å². The van der Waals surface area contributed by atoms with E-state index in [2.05, 4.69) is 25.7 Å². The Morgan fingerprint density at radius 1 is 1.25 bits per heavy atom. The number of methoxy groups -OCH3 is 1. The third kappa shape index (κ3) is 5.09. The number of hydrogen-bond acceptors (Lipinski definition) is 10. The highest BCUT2D eigenvalue weighted by atomic mass is 32.2. The first-order valence-corrected chi connectivity index (χ1v) is 12.3. The van der Waals surface area contributed by atoms with Crippen molar-refractivity contribution in [2.45, 2.75) is 11.0 Å². The van der Waals surface area contributed by atoms with Crippen LogP contribution >= 0.6 is 11.8 Å². The van der Waals surface area contributed by atoms with Crippen molar-refractivity contribution in [3.8, 4) is 5.88 Å². The summed E-state index contributed by atoms with van der Waals surface area (Å²) < 4.78 is 19.8. The number of nitrogens with one attached hydrogen (secondary N) is 2. The van der Waals surface area contributed by atoms with Gasteiger partial charge in [-0.25, -0.2) is 19.4 Å². The van der Waals surface area contributed by atoms with Crippen LogP contribution in [0.5, 0.6) is 5.88 Å². The van der Waals surface area contributed by atoms with Crippen molar-refractivity contribution in [3.63, 3.8) is 0 Å². The number of aliphatic hydroxyl groups is 1. The minimum atomic E-state index is -1.12. The van der Waals surface area contributed by atoms with Crippen LogP contribution in [0.15, 0.2) is 35.4 Å². The number of thioether (sulfide) groups is 1. The van der Waals surface area contributed by atoms with Crippen molar-refractivity contribution in [1.29, 1.82) is 0 Å². The molecule has 1 saturated heterocycles. The summed E-state index contributed by atoms with van der Waals surface area (Å²) in [6, 6.07) is 6.70. The molecule has 0 radical (unpaired) electrons. The molecule has 0 unspecified atom stereocenters. The number of anilines is 1. The molecule has 36 heavy (non-hydrogen) atoms. The second-order valence-corrected chi connectivity index (χ2v) is 9.38. The minimum Gasteiger partial charge on any atom is -0.481 e. The van der Waals surface area contributed by atoms with Crippen LogP contribution < -0.4 is 15.5 Å². The maximum absolute atomic E-state index is 14.6. The number of β-amino-alcohol motifs (C(OH)–C–C–N with tert-alkyl or cyclic N) is 1. The highest BCUT2D eigenvalue weighted by molar-refractivity contribution is 8.00. The third-order valence-electron chi connectivity index (χ3n) is 5.99. The van der Waals surface area contributed by atoms with Crippen molar-refractivity contribution in [2.75, 3.05) is 50.9 Å². The molecule has 1 atom stereocenters. The Morgan fingerprint density at radius 3 is 2.83 bits per heavy atom. The number of ether oxygens (including phenoxy) is 1. The lowest BCUT2D eigenvalue weighted by Crippen LogP contribution is -2.54. The molecule has 1 fully saturated rings. The zero-order valence-electron chi connectivity index (χ0n) is 19.4. The molecule has 5 heterocycles. The van der Waals surface area contributed by atoms with E-state index in [1.807, 2.05) is 4.90 Å². The number of carbonyl (C=O) groups is 2. The summed E-state index contributed by atoms with van der Waals surface area (Å²) in [6.07, 6.45) is -0.0366. The Kier molecular flexibility index (Phi) is 6.96. The van der Waals surface area contributed by atoms with Gasteiger partial charge >= 0.3 is 0 Å². The van der Waals surface area contributed by atoms with Crippen molar-refractivity contribution in [2.24, 2.45) is 0 Å². The molecule has 3 aromatic rings. The van der Waals surface area contributed by atoms with Gasteiger partial charge in [-0.3, -0.25) is 24.9 Å². The molecule has 13 heteroatoms. The fourth-order valence-corrected chi connectivity index (χ4v) is 4.90. The van der Waals surface area contributed by atoms with E-state index in [0.717, 1.165) is 11.1 Å². The molecule has 11 nitrogen and oxygen atoms in total. The van der Waals surface area contributed by atoms with Gasteiger partial charge < -0.3 is 15.2 Å². The summed E-state index contributed by atoms with van der Waals surface area (Å²) in [5.41, 5.74) is 3.85. The Hall–Kier alpha value is -3.39. The Balaban J connectivity index is 1.19. The normalized spacial score (nSPS) is 17.4. The van der Waals surface area contributed by atoms with Crippen LogP contribution in [0.1, 0.15) is 22.2 Å². The average Bonchev–Trinajstić information content (AvgIpc) is 2.88. The number of piperazine rings is 1.